The SMILES string of the molecule is CC(C)(Cc1nc2ccccc2c(=O)[nH]1)CC1(C)NC(=O)c2ccc(Cl)cc2N1. The van der Waals surface area contributed by atoms with Crippen LogP contribution < -0.4 is 16.2 Å². The van der Waals surface area contributed by atoms with E-state index >= 15 is 0 Å². The third kappa shape index (κ3) is 3.98. The molecule has 2 heterocycles. The number of benzene rings is 2. The van der Waals surface area contributed by atoms with E-state index in [1.807, 2.05) is 25.1 Å². The zero-order chi connectivity index (χ0) is 20.8. The highest BCUT2D eigenvalue weighted by Gasteiger charge is 2.38. The largest absolute Gasteiger partial charge is 0.362 e. The molecule has 0 saturated carbocycles. The van der Waals surface area contributed by atoms with Gasteiger partial charge < -0.3 is 15.6 Å². The highest BCUT2D eigenvalue weighted by Crippen LogP contribution is 2.35. The molecule has 29 heavy (non-hydrogen) atoms. The summed E-state index contributed by atoms with van der Waals surface area (Å²) in [6.07, 6.45) is 1.18. The third-order valence-electron chi connectivity index (χ3n) is 5.17. The molecule has 2 aromatic carbocycles. The van der Waals surface area contributed by atoms with Gasteiger partial charge in [0, 0.05) is 11.4 Å². The van der Waals surface area contributed by atoms with Gasteiger partial charge in [-0.2, -0.15) is 0 Å². The minimum Gasteiger partial charge on any atom is -0.362 e. The number of carbonyl (C=O) groups excluding carboxylic acids is 1. The van der Waals surface area contributed by atoms with Crippen molar-refractivity contribution in [3.8, 4) is 0 Å². The lowest BCUT2D eigenvalue weighted by Gasteiger charge is -2.42. The van der Waals surface area contributed by atoms with Crippen molar-refractivity contribution in [3.63, 3.8) is 0 Å². The molecule has 1 aromatic heterocycles. The van der Waals surface area contributed by atoms with E-state index in [-0.39, 0.29) is 16.9 Å². The van der Waals surface area contributed by atoms with Gasteiger partial charge in [0.25, 0.3) is 11.5 Å². The number of hydrogen-bond donors (Lipinski definition) is 3. The summed E-state index contributed by atoms with van der Waals surface area (Å²) < 4.78 is 0. The van der Waals surface area contributed by atoms with E-state index in [1.165, 1.54) is 0 Å². The van der Waals surface area contributed by atoms with E-state index in [0.29, 0.717) is 40.2 Å². The molecule has 150 valence electrons. The zero-order valence-electron chi connectivity index (χ0n) is 16.6. The Morgan fingerprint density at radius 1 is 1.10 bits per heavy atom. The van der Waals surface area contributed by atoms with Gasteiger partial charge in [-0.15, -0.1) is 0 Å². The molecule has 0 spiro atoms. The van der Waals surface area contributed by atoms with Crippen LogP contribution in [0.15, 0.2) is 47.3 Å². The summed E-state index contributed by atoms with van der Waals surface area (Å²) >= 11 is 6.11. The molecule has 4 rings (SSSR count). The summed E-state index contributed by atoms with van der Waals surface area (Å²) in [5.41, 5.74) is 0.919. The minimum absolute atomic E-state index is 0.133. The lowest BCUT2D eigenvalue weighted by atomic mass is 9.79. The van der Waals surface area contributed by atoms with E-state index in [2.05, 4.69) is 34.4 Å². The van der Waals surface area contributed by atoms with Crippen molar-refractivity contribution < 1.29 is 4.79 Å². The van der Waals surface area contributed by atoms with E-state index in [4.69, 9.17) is 11.6 Å². The highest BCUT2D eigenvalue weighted by molar-refractivity contribution is 6.31. The summed E-state index contributed by atoms with van der Waals surface area (Å²) in [6.45, 7) is 6.14. The minimum atomic E-state index is -0.657. The fourth-order valence-electron chi connectivity index (χ4n) is 4.24. The van der Waals surface area contributed by atoms with Crippen LogP contribution in [-0.4, -0.2) is 21.5 Å². The van der Waals surface area contributed by atoms with Gasteiger partial charge in [-0.3, -0.25) is 9.59 Å². The molecule has 1 unspecified atom stereocenters. The van der Waals surface area contributed by atoms with E-state index in [1.54, 1.807) is 24.3 Å². The van der Waals surface area contributed by atoms with Gasteiger partial charge in [0.2, 0.25) is 0 Å². The van der Waals surface area contributed by atoms with Gasteiger partial charge in [-0.25, -0.2) is 4.98 Å². The summed E-state index contributed by atoms with van der Waals surface area (Å²) in [6, 6.07) is 12.5. The number of aromatic nitrogens is 2. The Hall–Kier alpha value is -2.86. The zero-order valence-corrected chi connectivity index (χ0v) is 17.4. The molecule has 1 aliphatic heterocycles. The van der Waals surface area contributed by atoms with Gasteiger partial charge in [0.05, 0.1) is 22.2 Å². The first-order valence-corrected chi connectivity index (χ1v) is 9.90. The maximum atomic E-state index is 12.6. The van der Waals surface area contributed by atoms with Crippen LogP contribution in [-0.2, 0) is 6.42 Å². The Morgan fingerprint density at radius 3 is 2.66 bits per heavy atom. The summed E-state index contributed by atoms with van der Waals surface area (Å²) in [5.74, 6) is 0.499. The number of nitrogens with zero attached hydrogens (tertiary/aromatic N) is 1. The van der Waals surface area contributed by atoms with Crippen LogP contribution in [0.5, 0.6) is 0 Å². The maximum Gasteiger partial charge on any atom is 0.258 e. The van der Waals surface area contributed by atoms with Crippen LogP contribution in [0.2, 0.25) is 5.02 Å². The number of carbonyl (C=O) groups is 1. The first-order valence-electron chi connectivity index (χ1n) is 9.52. The Morgan fingerprint density at radius 2 is 1.86 bits per heavy atom. The van der Waals surface area contributed by atoms with Gasteiger partial charge >= 0.3 is 0 Å². The van der Waals surface area contributed by atoms with Crippen molar-refractivity contribution in [2.75, 3.05) is 5.32 Å². The number of para-hydroxylation sites is 1. The summed E-state index contributed by atoms with van der Waals surface area (Å²) in [7, 11) is 0. The topological polar surface area (TPSA) is 86.9 Å². The number of rotatable bonds is 4. The highest BCUT2D eigenvalue weighted by atomic mass is 35.5. The molecular formula is C22H23ClN4O2. The molecule has 7 heteroatoms. The molecule has 0 aliphatic carbocycles. The van der Waals surface area contributed by atoms with E-state index < -0.39 is 5.66 Å². The quantitative estimate of drug-likeness (QED) is 0.604. The predicted molar refractivity (Wildman–Crippen MR) is 115 cm³/mol. The molecule has 1 atom stereocenters. The van der Waals surface area contributed by atoms with Crippen LogP contribution in [0, 0.1) is 5.41 Å². The average molecular weight is 411 g/mol. The monoisotopic (exact) mass is 410 g/mol. The van der Waals surface area contributed by atoms with Crippen LogP contribution in [0.4, 0.5) is 5.69 Å². The van der Waals surface area contributed by atoms with Crippen LogP contribution >= 0.6 is 11.6 Å². The van der Waals surface area contributed by atoms with Crippen LogP contribution in [0.1, 0.15) is 43.4 Å². The molecular weight excluding hydrogens is 388 g/mol. The fraction of sp³-hybridized carbons (Fsp3) is 0.318. The number of aromatic amines is 1. The van der Waals surface area contributed by atoms with Crippen LogP contribution in [0.3, 0.4) is 0 Å². The first-order chi connectivity index (χ1) is 13.6. The van der Waals surface area contributed by atoms with Crippen molar-refractivity contribution in [1.82, 2.24) is 15.3 Å². The molecule has 0 radical (unpaired) electrons. The second kappa shape index (κ2) is 6.88. The number of fused-ring (bicyclic) bond motifs is 2. The summed E-state index contributed by atoms with van der Waals surface area (Å²) in [5, 5.41) is 7.64. The number of H-pyrrole nitrogens is 1. The van der Waals surface area contributed by atoms with Gasteiger partial charge in [0.1, 0.15) is 11.5 Å². The second-order valence-corrected chi connectivity index (χ2v) is 9.09. The normalized spacial score (nSPS) is 18.8. The standard InChI is InChI=1S/C22H23ClN4O2/c1-21(2,11-18-24-16-7-5-4-6-14(16)19(28)25-18)12-22(3)26-17-10-13(23)8-9-15(17)20(29)27-22/h4-10,26H,11-12H2,1-3H3,(H,27,29)(H,24,25,28). The van der Waals surface area contributed by atoms with Crippen molar-refractivity contribution in [3.05, 3.63) is 69.2 Å². The Kier molecular flexibility index (Phi) is 4.62. The van der Waals surface area contributed by atoms with Gasteiger partial charge in [-0.05, 0) is 49.1 Å². The Bertz CT molecular complexity index is 1170. The maximum absolute atomic E-state index is 12.6. The second-order valence-electron chi connectivity index (χ2n) is 8.65. The molecule has 1 amide bonds. The van der Waals surface area contributed by atoms with Crippen molar-refractivity contribution in [2.24, 2.45) is 5.41 Å². The van der Waals surface area contributed by atoms with Crippen molar-refractivity contribution in [2.45, 2.75) is 39.3 Å². The molecule has 1 aliphatic rings. The first kappa shape index (κ1) is 19.5. The number of anilines is 1. The third-order valence-corrected chi connectivity index (χ3v) is 5.40. The molecule has 0 bridgehead atoms. The number of nitrogens with one attached hydrogen (secondary N) is 3. The molecule has 6 nitrogen and oxygen atoms in total. The molecule has 3 aromatic rings. The smallest absolute Gasteiger partial charge is 0.258 e. The molecule has 0 fully saturated rings. The molecule has 3 N–H and O–H groups in total. The predicted octanol–water partition coefficient (Wildman–Crippen LogP) is 4.11. The van der Waals surface area contributed by atoms with Crippen LogP contribution in [0.25, 0.3) is 10.9 Å². The number of halogens is 1. The van der Waals surface area contributed by atoms with Crippen molar-refractivity contribution >= 4 is 34.1 Å². The Balaban J connectivity index is 1.58. The van der Waals surface area contributed by atoms with Crippen molar-refractivity contribution in [1.29, 1.82) is 0 Å². The summed E-state index contributed by atoms with van der Waals surface area (Å²) in [4.78, 5) is 32.5. The average Bonchev–Trinajstić information content (AvgIpc) is 2.59. The lowest BCUT2D eigenvalue weighted by molar-refractivity contribution is 0.0880. The van der Waals surface area contributed by atoms with Gasteiger partial charge in [0.15, 0.2) is 0 Å². The van der Waals surface area contributed by atoms with Gasteiger partial charge in [-0.1, -0.05) is 37.6 Å². The molecule has 0 saturated heterocycles. The lowest BCUT2D eigenvalue weighted by Crippen LogP contribution is -2.57. The number of hydrogen-bond acceptors (Lipinski definition) is 4. The number of amides is 1. The van der Waals surface area contributed by atoms with E-state index in [9.17, 15) is 9.59 Å². The fourth-order valence-corrected chi connectivity index (χ4v) is 4.42. The van der Waals surface area contributed by atoms with E-state index in [0.717, 1.165) is 5.69 Å². The Labute approximate surface area is 173 Å².